The molecule has 0 aliphatic carbocycles. The number of allylic oxidation sites excluding steroid dienone is 2. The van der Waals surface area contributed by atoms with Gasteiger partial charge >= 0.3 is 0 Å². The van der Waals surface area contributed by atoms with Gasteiger partial charge in [0.1, 0.15) is 0 Å². The smallest absolute Gasteiger partial charge is 0.159 e. The van der Waals surface area contributed by atoms with E-state index in [0.29, 0.717) is 6.61 Å². The number of unbranched alkanes of at least 4 members (excludes halogenated alkanes) is 4. The topological polar surface area (TPSA) is 44.2 Å². The SMILES string of the molecule is CCC/C=C/CCCOc1cnc(-c2ccc(CCCCCOCCC)cc2)nc1. The van der Waals surface area contributed by atoms with Gasteiger partial charge in [-0.05, 0) is 50.5 Å². The first-order valence-corrected chi connectivity index (χ1v) is 11.6. The first-order chi connectivity index (χ1) is 14.8. The van der Waals surface area contributed by atoms with E-state index in [1.807, 2.05) is 0 Å². The van der Waals surface area contributed by atoms with Crippen LogP contribution in [0, 0.1) is 0 Å². The van der Waals surface area contributed by atoms with Gasteiger partial charge in [0.25, 0.3) is 0 Å². The Hall–Kier alpha value is -2.20. The molecule has 1 aromatic carbocycles. The normalized spacial score (nSPS) is 11.3. The van der Waals surface area contributed by atoms with E-state index in [1.54, 1.807) is 12.4 Å². The minimum Gasteiger partial charge on any atom is -0.490 e. The van der Waals surface area contributed by atoms with E-state index in [2.05, 4.69) is 60.2 Å². The number of nitrogens with zero attached hydrogens (tertiary/aromatic N) is 2. The lowest BCUT2D eigenvalue weighted by Crippen LogP contribution is -1.98. The Morgan fingerprint density at radius 3 is 2.27 bits per heavy atom. The Kier molecular flexibility index (Phi) is 12.5. The lowest BCUT2D eigenvalue weighted by Gasteiger charge is -2.07. The zero-order chi connectivity index (χ0) is 21.3. The second-order valence-corrected chi connectivity index (χ2v) is 7.61. The fourth-order valence-electron chi connectivity index (χ4n) is 3.11. The van der Waals surface area contributed by atoms with E-state index >= 15 is 0 Å². The molecule has 0 saturated heterocycles. The van der Waals surface area contributed by atoms with E-state index in [-0.39, 0.29) is 0 Å². The number of aryl methyl sites for hydroxylation is 1. The van der Waals surface area contributed by atoms with Crippen LogP contribution in [0.25, 0.3) is 11.4 Å². The molecule has 0 N–H and O–H groups in total. The molecule has 0 unspecified atom stereocenters. The maximum Gasteiger partial charge on any atom is 0.159 e. The van der Waals surface area contributed by atoms with Gasteiger partial charge in [0, 0.05) is 18.8 Å². The molecular weight excluding hydrogens is 372 g/mol. The quantitative estimate of drug-likeness (QED) is 0.225. The first kappa shape index (κ1) is 24.1. The third-order valence-electron chi connectivity index (χ3n) is 4.85. The highest BCUT2D eigenvalue weighted by Crippen LogP contribution is 2.18. The Balaban J connectivity index is 1.68. The maximum absolute atomic E-state index is 5.74. The largest absolute Gasteiger partial charge is 0.490 e. The molecule has 164 valence electrons. The summed E-state index contributed by atoms with van der Waals surface area (Å²) in [6.45, 7) is 6.80. The van der Waals surface area contributed by atoms with E-state index in [9.17, 15) is 0 Å². The van der Waals surface area contributed by atoms with E-state index in [1.165, 1.54) is 24.8 Å². The molecule has 0 saturated carbocycles. The molecule has 0 bridgehead atoms. The molecule has 0 atom stereocenters. The summed E-state index contributed by atoms with van der Waals surface area (Å²) in [4.78, 5) is 8.93. The molecule has 0 radical (unpaired) electrons. The van der Waals surface area contributed by atoms with Gasteiger partial charge in [0.15, 0.2) is 11.6 Å². The molecule has 0 aliphatic rings. The molecule has 1 heterocycles. The van der Waals surface area contributed by atoms with Crippen LogP contribution in [0.15, 0.2) is 48.8 Å². The lowest BCUT2D eigenvalue weighted by molar-refractivity contribution is 0.130. The monoisotopic (exact) mass is 410 g/mol. The van der Waals surface area contributed by atoms with Crippen molar-refractivity contribution in [1.29, 1.82) is 0 Å². The number of aromatic nitrogens is 2. The van der Waals surface area contributed by atoms with Gasteiger partial charge in [0.2, 0.25) is 0 Å². The summed E-state index contributed by atoms with van der Waals surface area (Å²) in [5.41, 5.74) is 2.40. The van der Waals surface area contributed by atoms with Crippen LogP contribution in [-0.4, -0.2) is 29.8 Å². The number of ether oxygens (including phenoxy) is 2. The highest BCUT2D eigenvalue weighted by atomic mass is 16.5. The highest BCUT2D eigenvalue weighted by Gasteiger charge is 2.03. The molecular formula is C26H38N2O2. The number of benzene rings is 1. The maximum atomic E-state index is 5.74. The summed E-state index contributed by atoms with van der Waals surface area (Å²) in [7, 11) is 0. The predicted octanol–water partition coefficient (Wildman–Crippen LogP) is 6.80. The van der Waals surface area contributed by atoms with Crippen molar-refractivity contribution < 1.29 is 9.47 Å². The Morgan fingerprint density at radius 1 is 0.767 bits per heavy atom. The van der Waals surface area contributed by atoms with Crippen molar-refractivity contribution in [2.75, 3.05) is 19.8 Å². The zero-order valence-electron chi connectivity index (χ0n) is 18.8. The van der Waals surface area contributed by atoms with Gasteiger partial charge in [-0.2, -0.15) is 0 Å². The van der Waals surface area contributed by atoms with Crippen LogP contribution in [0.5, 0.6) is 5.75 Å². The Labute approximate surface area is 182 Å². The van der Waals surface area contributed by atoms with Crippen LogP contribution < -0.4 is 4.74 Å². The van der Waals surface area contributed by atoms with Crippen molar-refractivity contribution >= 4 is 0 Å². The van der Waals surface area contributed by atoms with Gasteiger partial charge in [-0.1, -0.05) is 63.1 Å². The molecule has 2 aromatic rings. The fourth-order valence-corrected chi connectivity index (χ4v) is 3.11. The van der Waals surface area contributed by atoms with Gasteiger partial charge in [-0.25, -0.2) is 9.97 Å². The van der Waals surface area contributed by atoms with E-state index in [4.69, 9.17) is 9.47 Å². The molecule has 4 nitrogen and oxygen atoms in total. The number of hydrogen-bond donors (Lipinski definition) is 0. The molecule has 1 aromatic heterocycles. The molecule has 30 heavy (non-hydrogen) atoms. The summed E-state index contributed by atoms with van der Waals surface area (Å²) in [6.07, 6.45) is 18.2. The molecule has 4 heteroatoms. The van der Waals surface area contributed by atoms with Crippen molar-refractivity contribution in [1.82, 2.24) is 9.97 Å². The summed E-state index contributed by atoms with van der Waals surface area (Å²) < 4.78 is 11.3. The first-order valence-electron chi connectivity index (χ1n) is 11.6. The van der Waals surface area contributed by atoms with Crippen molar-refractivity contribution in [3.63, 3.8) is 0 Å². The third kappa shape index (κ3) is 10.0. The Bertz CT molecular complexity index is 696. The second-order valence-electron chi connectivity index (χ2n) is 7.61. The average Bonchev–Trinajstić information content (AvgIpc) is 2.79. The summed E-state index contributed by atoms with van der Waals surface area (Å²) >= 11 is 0. The summed E-state index contributed by atoms with van der Waals surface area (Å²) in [6, 6.07) is 8.59. The molecule has 0 aliphatic heterocycles. The van der Waals surface area contributed by atoms with E-state index < -0.39 is 0 Å². The van der Waals surface area contributed by atoms with Crippen molar-refractivity contribution in [3.8, 4) is 17.1 Å². The van der Waals surface area contributed by atoms with Gasteiger partial charge in [-0.15, -0.1) is 0 Å². The van der Waals surface area contributed by atoms with Crippen LogP contribution in [0.4, 0.5) is 0 Å². The summed E-state index contributed by atoms with van der Waals surface area (Å²) in [5.74, 6) is 1.47. The van der Waals surface area contributed by atoms with Crippen LogP contribution in [0.1, 0.15) is 70.8 Å². The second kappa shape index (κ2) is 15.6. The minimum absolute atomic E-state index is 0.693. The Morgan fingerprint density at radius 2 is 1.53 bits per heavy atom. The van der Waals surface area contributed by atoms with Gasteiger partial charge < -0.3 is 9.47 Å². The molecule has 0 fully saturated rings. The predicted molar refractivity (Wildman–Crippen MR) is 125 cm³/mol. The number of hydrogen-bond acceptors (Lipinski definition) is 4. The molecule has 2 rings (SSSR count). The standard InChI is InChI=1S/C26H38N2O2/c1-3-5-6-7-8-12-20-30-25-21-27-26(28-22-25)24-16-14-23(15-17-24)13-10-9-11-19-29-18-4-2/h6-7,14-17,21-22H,3-5,8-13,18-20H2,1-2H3/b7-6+. The van der Waals surface area contributed by atoms with Crippen molar-refractivity contribution in [2.24, 2.45) is 0 Å². The molecule has 0 amide bonds. The van der Waals surface area contributed by atoms with E-state index in [0.717, 1.165) is 68.9 Å². The average molecular weight is 411 g/mol. The summed E-state index contributed by atoms with van der Waals surface area (Å²) in [5, 5.41) is 0. The van der Waals surface area contributed by atoms with Crippen molar-refractivity contribution in [2.45, 2.75) is 71.6 Å². The molecule has 0 spiro atoms. The fraction of sp³-hybridized carbons (Fsp3) is 0.538. The van der Waals surface area contributed by atoms with Gasteiger partial charge in [0.05, 0.1) is 19.0 Å². The van der Waals surface area contributed by atoms with Crippen LogP contribution in [0.2, 0.25) is 0 Å². The van der Waals surface area contributed by atoms with Crippen LogP contribution >= 0.6 is 0 Å². The van der Waals surface area contributed by atoms with Crippen LogP contribution in [-0.2, 0) is 11.2 Å². The zero-order valence-corrected chi connectivity index (χ0v) is 18.8. The van der Waals surface area contributed by atoms with Crippen LogP contribution in [0.3, 0.4) is 0 Å². The van der Waals surface area contributed by atoms with Crippen molar-refractivity contribution in [3.05, 3.63) is 54.4 Å². The van der Waals surface area contributed by atoms with Gasteiger partial charge in [-0.3, -0.25) is 0 Å². The highest BCUT2D eigenvalue weighted by molar-refractivity contribution is 5.55. The minimum atomic E-state index is 0.693. The lowest BCUT2D eigenvalue weighted by atomic mass is 10.0. The third-order valence-corrected chi connectivity index (χ3v) is 4.85. The number of rotatable bonds is 16.